The fraction of sp³-hybridized carbons (Fsp3) is 0.318. The largest absolute Gasteiger partial charge is 0.377 e. The molecule has 4 nitrogen and oxygen atoms in total. The number of benzene rings is 2. The molecule has 1 amide bonds. The summed E-state index contributed by atoms with van der Waals surface area (Å²) in [5.41, 5.74) is 0.867. The number of hydrogen-bond acceptors (Lipinski definition) is 4. The zero-order valence-electron chi connectivity index (χ0n) is 15.3. The lowest BCUT2D eigenvalue weighted by molar-refractivity contribution is -0.117. The van der Waals surface area contributed by atoms with E-state index in [0.717, 1.165) is 49.0 Å². The van der Waals surface area contributed by atoms with Gasteiger partial charge in [0.25, 0.3) is 0 Å². The van der Waals surface area contributed by atoms with Gasteiger partial charge in [-0.05, 0) is 35.7 Å². The first-order chi connectivity index (χ1) is 13.3. The van der Waals surface area contributed by atoms with Crippen LogP contribution >= 0.6 is 11.3 Å². The van der Waals surface area contributed by atoms with Crippen LogP contribution in [-0.4, -0.2) is 36.6 Å². The van der Waals surface area contributed by atoms with Crippen LogP contribution in [0.3, 0.4) is 0 Å². The molecule has 0 radical (unpaired) electrons. The zero-order chi connectivity index (χ0) is 18.5. The normalized spacial score (nSPS) is 16.9. The number of hydrogen-bond donors (Lipinski definition) is 1. The maximum absolute atomic E-state index is 12.8. The fourth-order valence-corrected chi connectivity index (χ4v) is 4.36. The van der Waals surface area contributed by atoms with E-state index >= 15 is 0 Å². The van der Waals surface area contributed by atoms with Gasteiger partial charge < -0.3 is 10.1 Å². The number of nitrogens with zero attached hydrogens (tertiary/aromatic N) is 1. The van der Waals surface area contributed by atoms with Crippen molar-refractivity contribution >= 4 is 33.7 Å². The van der Waals surface area contributed by atoms with Crippen LogP contribution < -0.4 is 5.32 Å². The van der Waals surface area contributed by atoms with Crippen molar-refractivity contribution in [3.63, 3.8) is 0 Å². The van der Waals surface area contributed by atoms with Gasteiger partial charge in [-0.1, -0.05) is 42.5 Å². The third kappa shape index (κ3) is 4.75. The van der Waals surface area contributed by atoms with Gasteiger partial charge in [0.15, 0.2) is 0 Å². The van der Waals surface area contributed by atoms with Gasteiger partial charge in [0.05, 0.1) is 12.6 Å². The first-order valence-corrected chi connectivity index (χ1v) is 10.3. The first kappa shape index (κ1) is 18.2. The third-order valence-corrected chi connectivity index (χ3v) is 5.74. The van der Waals surface area contributed by atoms with Gasteiger partial charge >= 0.3 is 0 Å². The quantitative estimate of drug-likeness (QED) is 0.655. The second kappa shape index (κ2) is 8.65. The maximum Gasteiger partial charge on any atom is 0.238 e. The SMILES string of the molecule is O=C(CN(Cc1cccs1)C[C@H]1CCCO1)Nc1cccc2ccccc12. The molecule has 1 aliphatic heterocycles. The van der Waals surface area contributed by atoms with Crippen molar-refractivity contribution in [2.75, 3.05) is 25.0 Å². The van der Waals surface area contributed by atoms with E-state index in [9.17, 15) is 4.79 Å². The molecule has 0 aliphatic carbocycles. The Morgan fingerprint density at radius 3 is 2.85 bits per heavy atom. The van der Waals surface area contributed by atoms with E-state index in [2.05, 4.69) is 39.9 Å². The Labute approximate surface area is 163 Å². The standard InChI is InChI=1S/C22H24N2O2S/c25-22(23-21-11-3-7-17-6-1-2-10-20(17)21)16-24(14-18-8-4-12-26-18)15-19-9-5-13-27-19/h1-3,5-7,9-11,13,18H,4,8,12,14-16H2,(H,23,25)/t18-/m1/s1. The molecule has 5 heteroatoms. The second-order valence-corrected chi connectivity index (χ2v) is 7.99. The predicted molar refractivity (Wildman–Crippen MR) is 111 cm³/mol. The van der Waals surface area contributed by atoms with Gasteiger partial charge in [0, 0.05) is 35.6 Å². The molecule has 2 heterocycles. The van der Waals surface area contributed by atoms with E-state index in [-0.39, 0.29) is 12.0 Å². The van der Waals surface area contributed by atoms with E-state index in [4.69, 9.17) is 4.74 Å². The summed E-state index contributed by atoms with van der Waals surface area (Å²) >= 11 is 1.73. The molecule has 1 aliphatic rings. The van der Waals surface area contributed by atoms with E-state index in [0.29, 0.717) is 6.54 Å². The van der Waals surface area contributed by atoms with E-state index in [1.807, 2.05) is 30.3 Å². The number of fused-ring (bicyclic) bond motifs is 1. The molecule has 1 fully saturated rings. The summed E-state index contributed by atoms with van der Waals surface area (Å²) in [6.07, 6.45) is 2.42. The number of anilines is 1. The van der Waals surface area contributed by atoms with Gasteiger partial charge in [0.2, 0.25) is 5.91 Å². The Kier molecular flexibility index (Phi) is 5.82. The summed E-state index contributed by atoms with van der Waals surface area (Å²) in [6.45, 7) is 2.77. The highest BCUT2D eigenvalue weighted by molar-refractivity contribution is 7.09. The van der Waals surface area contributed by atoms with Crippen molar-refractivity contribution < 1.29 is 9.53 Å². The third-order valence-electron chi connectivity index (χ3n) is 4.88. The monoisotopic (exact) mass is 380 g/mol. The van der Waals surface area contributed by atoms with Crippen molar-refractivity contribution in [3.05, 3.63) is 64.9 Å². The van der Waals surface area contributed by atoms with Crippen molar-refractivity contribution in [2.45, 2.75) is 25.5 Å². The van der Waals surface area contributed by atoms with Gasteiger partial charge in [-0.15, -0.1) is 11.3 Å². The smallest absolute Gasteiger partial charge is 0.238 e. The molecule has 1 N–H and O–H groups in total. The Morgan fingerprint density at radius 1 is 1.15 bits per heavy atom. The summed E-state index contributed by atoms with van der Waals surface area (Å²) in [6, 6.07) is 18.3. The van der Waals surface area contributed by atoms with Crippen molar-refractivity contribution in [1.29, 1.82) is 0 Å². The van der Waals surface area contributed by atoms with Crippen LogP contribution in [0.5, 0.6) is 0 Å². The second-order valence-electron chi connectivity index (χ2n) is 6.96. The van der Waals surface area contributed by atoms with Crippen LogP contribution in [0.25, 0.3) is 10.8 Å². The molecule has 27 heavy (non-hydrogen) atoms. The van der Waals surface area contributed by atoms with E-state index < -0.39 is 0 Å². The molecule has 140 valence electrons. The Balaban J connectivity index is 1.45. The molecule has 0 saturated carbocycles. The number of amides is 1. The molecule has 0 spiro atoms. The Morgan fingerprint density at radius 2 is 2.04 bits per heavy atom. The molecular weight excluding hydrogens is 356 g/mol. The number of carbonyl (C=O) groups excluding carboxylic acids is 1. The van der Waals surface area contributed by atoms with Crippen molar-refractivity contribution in [3.8, 4) is 0 Å². The average Bonchev–Trinajstić information content (AvgIpc) is 3.36. The molecule has 1 saturated heterocycles. The molecule has 0 bridgehead atoms. The van der Waals surface area contributed by atoms with Gasteiger partial charge in [0.1, 0.15) is 0 Å². The average molecular weight is 381 g/mol. The zero-order valence-corrected chi connectivity index (χ0v) is 16.1. The van der Waals surface area contributed by atoms with Crippen LogP contribution in [0.4, 0.5) is 5.69 Å². The minimum Gasteiger partial charge on any atom is -0.377 e. The van der Waals surface area contributed by atoms with E-state index in [1.54, 1.807) is 11.3 Å². The van der Waals surface area contributed by atoms with Crippen LogP contribution in [0, 0.1) is 0 Å². The molecule has 3 aromatic rings. The topological polar surface area (TPSA) is 41.6 Å². The van der Waals surface area contributed by atoms with Gasteiger partial charge in [-0.2, -0.15) is 0 Å². The lowest BCUT2D eigenvalue weighted by atomic mass is 10.1. The van der Waals surface area contributed by atoms with Gasteiger partial charge in [-0.25, -0.2) is 0 Å². The highest BCUT2D eigenvalue weighted by Crippen LogP contribution is 2.23. The lowest BCUT2D eigenvalue weighted by Gasteiger charge is -2.24. The molecule has 4 rings (SSSR count). The minimum absolute atomic E-state index is 0.0147. The summed E-state index contributed by atoms with van der Waals surface area (Å²) in [5.74, 6) is 0.0147. The molecule has 0 unspecified atom stereocenters. The number of rotatable bonds is 7. The number of nitrogens with one attached hydrogen (secondary N) is 1. The molecule has 1 aromatic heterocycles. The molecular formula is C22H24N2O2S. The fourth-order valence-electron chi connectivity index (χ4n) is 3.61. The highest BCUT2D eigenvalue weighted by atomic mass is 32.1. The van der Waals surface area contributed by atoms with Crippen LogP contribution in [0.2, 0.25) is 0 Å². The number of thiophene rings is 1. The van der Waals surface area contributed by atoms with Crippen LogP contribution in [0.15, 0.2) is 60.0 Å². The lowest BCUT2D eigenvalue weighted by Crippen LogP contribution is -2.37. The minimum atomic E-state index is 0.0147. The molecule has 1 atom stereocenters. The Hall–Kier alpha value is -2.21. The summed E-state index contributed by atoms with van der Waals surface area (Å²) in [5, 5.41) is 7.38. The predicted octanol–water partition coefficient (Wildman–Crippen LogP) is 4.52. The Bertz CT molecular complexity index is 883. The maximum atomic E-state index is 12.8. The summed E-state index contributed by atoms with van der Waals surface area (Å²) in [4.78, 5) is 16.2. The summed E-state index contributed by atoms with van der Waals surface area (Å²) < 4.78 is 5.79. The first-order valence-electron chi connectivity index (χ1n) is 9.42. The number of ether oxygens (including phenoxy) is 1. The van der Waals surface area contributed by atoms with Gasteiger partial charge in [-0.3, -0.25) is 9.69 Å². The van der Waals surface area contributed by atoms with Crippen LogP contribution in [-0.2, 0) is 16.1 Å². The number of carbonyl (C=O) groups is 1. The van der Waals surface area contributed by atoms with Crippen LogP contribution in [0.1, 0.15) is 17.7 Å². The van der Waals surface area contributed by atoms with Crippen molar-refractivity contribution in [2.24, 2.45) is 0 Å². The van der Waals surface area contributed by atoms with Crippen molar-refractivity contribution in [1.82, 2.24) is 4.90 Å². The summed E-state index contributed by atoms with van der Waals surface area (Å²) in [7, 11) is 0. The van der Waals surface area contributed by atoms with E-state index in [1.165, 1.54) is 4.88 Å². The highest BCUT2D eigenvalue weighted by Gasteiger charge is 2.21. The molecule has 2 aromatic carbocycles.